The Hall–Kier alpha value is -0.950. The highest BCUT2D eigenvalue weighted by molar-refractivity contribution is 8.23. The first-order valence-electron chi connectivity index (χ1n) is 10.6. The number of unbranched alkanes of at least 4 members (excludes halogenated alkanes) is 9. The molecule has 0 aliphatic carbocycles. The third kappa shape index (κ3) is 8.60. The number of hydrogen-bond donors (Lipinski definition) is 0. The normalized spacial score (nSPS) is 14.6. The molecule has 0 unspecified atom stereocenters. The van der Waals surface area contributed by atoms with Crippen LogP contribution in [0.5, 0.6) is 0 Å². The Bertz CT molecular complexity index is 533. The minimum atomic E-state index is -1.03. The van der Waals surface area contributed by atoms with E-state index in [0.717, 1.165) is 12.2 Å². The fraction of sp³-hybridized carbons (Fsp3) is 0.810. The summed E-state index contributed by atoms with van der Waals surface area (Å²) in [4.78, 5) is 40.6. The smallest absolute Gasteiger partial charge is 0.329 e. The molecule has 0 atom stereocenters. The summed E-state index contributed by atoms with van der Waals surface area (Å²) in [5.41, 5.74) is -1.03. The van der Waals surface area contributed by atoms with E-state index in [4.69, 9.17) is 17.1 Å². The van der Waals surface area contributed by atoms with Gasteiger partial charge in [-0.2, -0.15) is 0 Å². The third-order valence-electron chi connectivity index (χ3n) is 4.93. The maximum atomic E-state index is 12.4. The number of amides is 2. The maximum Gasteiger partial charge on any atom is 0.344 e. The van der Waals surface area contributed by atoms with Gasteiger partial charge in [-0.1, -0.05) is 76.9 Å². The van der Waals surface area contributed by atoms with Crippen molar-refractivity contribution in [3.05, 3.63) is 0 Å². The van der Waals surface area contributed by atoms with E-state index in [1.165, 1.54) is 69.5 Å². The van der Waals surface area contributed by atoms with E-state index in [1.807, 2.05) is 0 Å². The van der Waals surface area contributed by atoms with Gasteiger partial charge in [0.25, 0.3) is 11.8 Å². The highest BCUT2D eigenvalue weighted by atomic mass is 32.2. The van der Waals surface area contributed by atoms with Gasteiger partial charge < -0.3 is 4.84 Å². The van der Waals surface area contributed by atoms with E-state index in [0.29, 0.717) is 9.26 Å². The summed E-state index contributed by atoms with van der Waals surface area (Å²) in [5.74, 6) is -0.735. The van der Waals surface area contributed by atoms with Crippen LogP contribution in [0.4, 0.5) is 0 Å². The number of nitrogens with zero attached hydrogens (tertiary/aromatic N) is 1. The van der Waals surface area contributed by atoms with Crippen molar-refractivity contribution in [3.63, 3.8) is 0 Å². The van der Waals surface area contributed by atoms with Crippen molar-refractivity contribution in [2.45, 2.75) is 97.8 Å². The van der Waals surface area contributed by atoms with Crippen molar-refractivity contribution in [1.82, 2.24) is 5.06 Å². The largest absolute Gasteiger partial charge is 0.344 e. The summed E-state index contributed by atoms with van der Waals surface area (Å²) in [7, 11) is 0. The molecule has 1 rings (SSSR count). The Kier molecular flexibility index (Phi) is 11.9. The van der Waals surface area contributed by atoms with Crippen molar-refractivity contribution < 1.29 is 19.2 Å². The molecule has 5 nitrogen and oxygen atoms in total. The molecule has 0 N–H and O–H groups in total. The van der Waals surface area contributed by atoms with Gasteiger partial charge in [-0.3, -0.25) is 9.59 Å². The van der Waals surface area contributed by atoms with Crippen molar-refractivity contribution in [2.24, 2.45) is 5.41 Å². The maximum absolute atomic E-state index is 12.4. The third-order valence-corrected chi connectivity index (χ3v) is 7.06. The molecule has 0 saturated carbocycles. The Morgan fingerprint density at radius 2 is 1.43 bits per heavy atom. The standard InChI is InChI=1S/C21H35NO4S2/c1-4-5-6-7-8-9-10-11-12-13-16-28-20(27)21(2,3)19(25)26-22-17(23)14-15-18(22)24/h4-16H2,1-3H3. The lowest BCUT2D eigenvalue weighted by molar-refractivity contribution is -0.201. The van der Waals surface area contributed by atoms with E-state index < -0.39 is 23.2 Å². The average molecular weight is 430 g/mol. The number of hydroxylamine groups is 2. The lowest BCUT2D eigenvalue weighted by atomic mass is 9.97. The van der Waals surface area contributed by atoms with E-state index in [-0.39, 0.29) is 12.8 Å². The first-order chi connectivity index (χ1) is 13.3. The van der Waals surface area contributed by atoms with Gasteiger partial charge in [0, 0.05) is 12.8 Å². The second-order valence-corrected chi connectivity index (χ2v) is 9.68. The summed E-state index contributed by atoms with van der Waals surface area (Å²) in [6.07, 6.45) is 13.0. The van der Waals surface area contributed by atoms with Gasteiger partial charge >= 0.3 is 5.97 Å². The van der Waals surface area contributed by atoms with Gasteiger partial charge in [0.1, 0.15) is 5.41 Å². The molecule has 1 saturated heterocycles. The molecule has 28 heavy (non-hydrogen) atoms. The van der Waals surface area contributed by atoms with Gasteiger partial charge in [-0.25, -0.2) is 4.79 Å². The number of carbonyl (C=O) groups is 3. The van der Waals surface area contributed by atoms with Crippen LogP contribution >= 0.6 is 24.0 Å². The van der Waals surface area contributed by atoms with Crippen LogP contribution in [0, 0.1) is 5.41 Å². The molecule has 0 bridgehead atoms. The second-order valence-electron chi connectivity index (χ2n) is 7.90. The molecule has 1 fully saturated rings. The summed E-state index contributed by atoms with van der Waals surface area (Å²) in [6, 6.07) is 0. The Balaban J connectivity index is 2.17. The second kappa shape index (κ2) is 13.3. The van der Waals surface area contributed by atoms with Crippen LogP contribution in [0.2, 0.25) is 0 Å². The minimum absolute atomic E-state index is 0.0878. The Morgan fingerprint density at radius 3 is 1.93 bits per heavy atom. The van der Waals surface area contributed by atoms with Crippen LogP contribution in [0.25, 0.3) is 0 Å². The molecule has 1 heterocycles. The predicted molar refractivity (Wildman–Crippen MR) is 118 cm³/mol. The van der Waals surface area contributed by atoms with Crippen LogP contribution in [-0.2, 0) is 19.2 Å². The molecule has 0 aromatic rings. The zero-order valence-corrected chi connectivity index (χ0v) is 19.2. The number of thiocarbonyl (C=S) groups is 1. The number of carbonyl (C=O) groups excluding carboxylic acids is 3. The molecule has 0 aromatic heterocycles. The molecule has 0 spiro atoms. The highest BCUT2D eigenvalue weighted by Crippen LogP contribution is 2.29. The summed E-state index contributed by atoms with van der Waals surface area (Å²) < 4.78 is 0.535. The zero-order valence-electron chi connectivity index (χ0n) is 17.6. The average Bonchev–Trinajstić information content (AvgIpc) is 2.97. The minimum Gasteiger partial charge on any atom is -0.329 e. The number of imide groups is 1. The molecule has 1 aliphatic heterocycles. The summed E-state index contributed by atoms with van der Waals surface area (Å²) in [6.45, 7) is 5.59. The fourth-order valence-electron chi connectivity index (χ4n) is 2.87. The van der Waals surface area contributed by atoms with Crippen molar-refractivity contribution in [2.75, 3.05) is 5.75 Å². The lowest BCUT2D eigenvalue weighted by Crippen LogP contribution is -2.40. The zero-order chi connectivity index (χ0) is 21.0. The number of hydrogen-bond acceptors (Lipinski definition) is 6. The fourth-order valence-corrected chi connectivity index (χ4v) is 4.18. The lowest BCUT2D eigenvalue weighted by Gasteiger charge is -2.24. The molecule has 160 valence electrons. The van der Waals surface area contributed by atoms with Crippen molar-refractivity contribution in [1.29, 1.82) is 0 Å². The van der Waals surface area contributed by atoms with E-state index in [9.17, 15) is 14.4 Å². The quantitative estimate of drug-likeness (QED) is 0.203. The van der Waals surface area contributed by atoms with Gasteiger partial charge in [0.15, 0.2) is 0 Å². The molecular formula is C21H35NO4S2. The van der Waals surface area contributed by atoms with Gasteiger partial charge in [0.2, 0.25) is 0 Å². The monoisotopic (exact) mass is 429 g/mol. The van der Waals surface area contributed by atoms with Crippen molar-refractivity contribution >= 4 is 46.0 Å². The summed E-state index contributed by atoms with van der Waals surface area (Å²) in [5, 5.41) is 0.583. The van der Waals surface area contributed by atoms with Crippen molar-refractivity contribution in [3.8, 4) is 0 Å². The summed E-state index contributed by atoms with van der Waals surface area (Å²) >= 11 is 6.90. The van der Waals surface area contributed by atoms with Crippen LogP contribution < -0.4 is 0 Å². The first-order valence-corrected chi connectivity index (χ1v) is 12.0. The van der Waals surface area contributed by atoms with Gasteiger partial charge in [0.05, 0.1) is 4.20 Å². The van der Waals surface area contributed by atoms with E-state index >= 15 is 0 Å². The molecule has 2 amide bonds. The van der Waals surface area contributed by atoms with Gasteiger partial charge in [-0.15, -0.1) is 16.8 Å². The first kappa shape index (κ1) is 25.1. The number of rotatable bonds is 14. The molecule has 7 heteroatoms. The topological polar surface area (TPSA) is 63.7 Å². The molecule has 0 radical (unpaired) electrons. The van der Waals surface area contributed by atoms with Crippen LogP contribution in [-0.4, -0.2) is 32.8 Å². The Labute approximate surface area is 179 Å². The molecular weight excluding hydrogens is 394 g/mol. The van der Waals surface area contributed by atoms with Gasteiger partial charge in [-0.05, 0) is 26.0 Å². The van der Waals surface area contributed by atoms with E-state index in [2.05, 4.69) is 6.92 Å². The Morgan fingerprint density at radius 1 is 0.964 bits per heavy atom. The number of thioether (sulfide) groups is 1. The van der Waals surface area contributed by atoms with Crippen LogP contribution in [0.1, 0.15) is 97.8 Å². The highest BCUT2D eigenvalue weighted by Gasteiger charge is 2.40. The van der Waals surface area contributed by atoms with Crippen LogP contribution in [0.3, 0.4) is 0 Å². The van der Waals surface area contributed by atoms with E-state index in [1.54, 1.807) is 13.8 Å². The molecule has 0 aromatic carbocycles. The van der Waals surface area contributed by atoms with Crippen LogP contribution in [0.15, 0.2) is 0 Å². The predicted octanol–water partition coefficient (Wildman–Crippen LogP) is 5.60. The molecule has 1 aliphatic rings. The SMILES string of the molecule is CCCCCCCCCCCCSC(=S)C(C)(C)C(=O)ON1C(=O)CCC1=O.